The van der Waals surface area contributed by atoms with E-state index in [9.17, 15) is 18.4 Å². The van der Waals surface area contributed by atoms with Crippen molar-refractivity contribution in [3.63, 3.8) is 0 Å². The molecular formula is C12H7ClF2N2O2. The van der Waals surface area contributed by atoms with E-state index in [-0.39, 0.29) is 10.6 Å². The van der Waals surface area contributed by atoms with Gasteiger partial charge in [-0.2, -0.15) is 0 Å². The maximum absolute atomic E-state index is 13.4. The van der Waals surface area contributed by atoms with Gasteiger partial charge in [0.15, 0.2) is 5.78 Å². The monoisotopic (exact) mass is 284 g/mol. The van der Waals surface area contributed by atoms with Crippen LogP contribution in [0, 0.1) is 11.6 Å². The number of hydrogen-bond acceptors (Lipinski definition) is 3. The molecule has 0 N–H and O–H groups in total. The molecule has 4 nitrogen and oxygen atoms in total. The molecule has 2 aromatic rings. The maximum Gasteiger partial charge on any atom is 0.348 e. The molecule has 0 saturated heterocycles. The fourth-order valence-corrected chi connectivity index (χ4v) is 1.66. The molecule has 98 valence electrons. The molecule has 0 bridgehead atoms. The summed E-state index contributed by atoms with van der Waals surface area (Å²) in [6, 6.07) is 2.59. The number of carbonyl (C=O) groups is 1. The fourth-order valence-electron chi connectivity index (χ4n) is 1.50. The minimum absolute atomic E-state index is 0.173. The second kappa shape index (κ2) is 5.27. The summed E-state index contributed by atoms with van der Waals surface area (Å²) in [6.07, 6.45) is 2.36. The molecule has 1 heterocycles. The van der Waals surface area contributed by atoms with Crippen molar-refractivity contribution in [3.8, 4) is 0 Å². The van der Waals surface area contributed by atoms with E-state index >= 15 is 0 Å². The number of halogens is 3. The van der Waals surface area contributed by atoms with E-state index in [0.29, 0.717) is 6.07 Å². The van der Waals surface area contributed by atoms with Gasteiger partial charge in [-0.15, -0.1) is 0 Å². The highest BCUT2D eigenvalue weighted by Gasteiger charge is 2.14. The van der Waals surface area contributed by atoms with E-state index in [0.717, 1.165) is 22.9 Å². The lowest BCUT2D eigenvalue weighted by atomic mass is 10.1. The highest BCUT2D eigenvalue weighted by molar-refractivity contribution is 6.30. The Morgan fingerprint density at radius 2 is 2.11 bits per heavy atom. The summed E-state index contributed by atoms with van der Waals surface area (Å²) in [7, 11) is 0. The Kier molecular flexibility index (Phi) is 3.71. The first-order valence-corrected chi connectivity index (χ1v) is 5.55. The third-order valence-electron chi connectivity index (χ3n) is 2.37. The van der Waals surface area contributed by atoms with Crippen LogP contribution in [0.15, 0.2) is 35.4 Å². The van der Waals surface area contributed by atoms with Gasteiger partial charge in [0.25, 0.3) is 0 Å². The fraction of sp³-hybridized carbons (Fsp3) is 0.0833. The third kappa shape index (κ3) is 3.03. The molecule has 0 spiro atoms. The summed E-state index contributed by atoms with van der Waals surface area (Å²) in [6.45, 7) is -0.422. The highest BCUT2D eigenvalue weighted by Crippen LogP contribution is 2.11. The number of rotatable bonds is 3. The van der Waals surface area contributed by atoms with Crippen LogP contribution in [0.3, 0.4) is 0 Å². The summed E-state index contributed by atoms with van der Waals surface area (Å²) >= 11 is 5.64. The van der Waals surface area contributed by atoms with Crippen LogP contribution in [-0.2, 0) is 6.54 Å². The quantitative estimate of drug-likeness (QED) is 0.811. The predicted octanol–water partition coefficient (Wildman–Crippen LogP) is 2.06. The second-order valence-corrected chi connectivity index (χ2v) is 4.17. The lowest BCUT2D eigenvalue weighted by Gasteiger charge is -2.05. The predicted molar refractivity (Wildman–Crippen MR) is 64.2 cm³/mol. The minimum atomic E-state index is -0.979. The zero-order valence-corrected chi connectivity index (χ0v) is 10.2. The molecule has 0 radical (unpaired) electrons. The van der Waals surface area contributed by atoms with Gasteiger partial charge in [-0.05, 0) is 12.1 Å². The summed E-state index contributed by atoms with van der Waals surface area (Å²) in [4.78, 5) is 26.6. The molecule has 0 saturated carbocycles. The molecule has 0 aliphatic rings. The van der Waals surface area contributed by atoms with Crippen LogP contribution in [0.2, 0.25) is 5.02 Å². The van der Waals surface area contributed by atoms with Gasteiger partial charge in [0.1, 0.15) is 11.6 Å². The first-order chi connectivity index (χ1) is 8.97. The van der Waals surface area contributed by atoms with Gasteiger partial charge in [-0.25, -0.2) is 18.6 Å². The summed E-state index contributed by atoms with van der Waals surface area (Å²) in [5.41, 5.74) is -0.978. The lowest BCUT2D eigenvalue weighted by Crippen LogP contribution is -2.26. The molecule has 7 heteroatoms. The Morgan fingerprint density at radius 1 is 1.37 bits per heavy atom. The van der Waals surface area contributed by atoms with Crippen LogP contribution in [0.5, 0.6) is 0 Å². The lowest BCUT2D eigenvalue weighted by molar-refractivity contribution is 0.0966. The molecule has 0 unspecified atom stereocenters. The van der Waals surface area contributed by atoms with Crippen LogP contribution in [-0.4, -0.2) is 15.3 Å². The normalized spacial score (nSPS) is 10.5. The van der Waals surface area contributed by atoms with Gasteiger partial charge in [0.05, 0.1) is 23.3 Å². The average Bonchev–Trinajstić information content (AvgIpc) is 2.33. The molecular weight excluding hydrogens is 278 g/mol. The zero-order chi connectivity index (χ0) is 14.0. The van der Waals surface area contributed by atoms with Gasteiger partial charge in [-0.1, -0.05) is 11.6 Å². The number of ketones is 1. The standard InChI is InChI=1S/C12H7ClF2N2O2/c13-7-4-16-12(19)17(5-7)6-11(18)9-2-1-8(14)3-10(9)15/h1-5H,6H2. The van der Waals surface area contributed by atoms with Crippen molar-refractivity contribution in [2.24, 2.45) is 0 Å². The molecule has 1 aromatic carbocycles. The summed E-state index contributed by atoms with van der Waals surface area (Å²) in [5, 5.41) is 0.173. The summed E-state index contributed by atoms with van der Waals surface area (Å²) in [5.74, 6) is -2.44. The van der Waals surface area contributed by atoms with Crippen molar-refractivity contribution in [2.75, 3.05) is 0 Å². The van der Waals surface area contributed by atoms with E-state index in [1.807, 2.05) is 0 Å². The van der Waals surface area contributed by atoms with Gasteiger partial charge in [0.2, 0.25) is 0 Å². The van der Waals surface area contributed by atoms with Gasteiger partial charge in [-0.3, -0.25) is 9.36 Å². The molecule has 0 atom stereocenters. The molecule has 0 aliphatic carbocycles. The van der Waals surface area contributed by atoms with Gasteiger partial charge < -0.3 is 0 Å². The van der Waals surface area contributed by atoms with Crippen molar-refractivity contribution in [2.45, 2.75) is 6.54 Å². The largest absolute Gasteiger partial charge is 0.348 e. The van der Waals surface area contributed by atoms with Crippen LogP contribution in [0.25, 0.3) is 0 Å². The number of carbonyl (C=O) groups excluding carboxylic acids is 1. The average molecular weight is 285 g/mol. The Labute approximate surface area is 111 Å². The molecule has 1 aromatic heterocycles. The van der Waals surface area contributed by atoms with E-state index in [4.69, 9.17) is 11.6 Å². The molecule has 2 rings (SSSR count). The van der Waals surface area contributed by atoms with Gasteiger partial charge >= 0.3 is 5.69 Å². The van der Waals surface area contributed by atoms with Crippen LogP contribution >= 0.6 is 11.6 Å². The van der Waals surface area contributed by atoms with Crippen LogP contribution in [0.1, 0.15) is 10.4 Å². The number of benzene rings is 1. The number of nitrogens with zero attached hydrogens (tertiary/aromatic N) is 2. The van der Waals surface area contributed by atoms with Crippen molar-refractivity contribution < 1.29 is 13.6 Å². The maximum atomic E-state index is 13.4. The second-order valence-electron chi connectivity index (χ2n) is 3.73. The Balaban J connectivity index is 2.31. The van der Waals surface area contributed by atoms with Crippen LogP contribution in [0.4, 0.5) is 8.78 Å². The van der Waals surface area contributed by atoms with Gasteiger partial charge in [0, 0.05) is 12.3 Å². The van der Waals surface area contributed by atoms with E-state index in [2.05, 4.69) is 4.98 Å². The van der Waals surface area contributed by atoms with Crippen molar-refractivity contribution in [1.29, 1.82) is 0 Å². The molecule has 0 aliphatic heterocycles. The Hall–Kier alpha value is -2.08. The van der Waals surface area contributed by atoms with Crippen molar-refractivity contribution in [1.82, 2.24) is 9.55 Å². The zero-order valence-electron chi connectivity index (χ0n) is 9.44. The van der Waals surface area contributed by atoms with Crippen molar-refractivity contribution in [3.05, 3.63) is 63.3 Å². The third-order valence-corrected chi connectivity index (χ3v) is 2.56. The molecule has 0 amide bonds. The Bertz CT molecular complexity index is 700. The first kappa shape index (κ1) is 13.4. The smallest absolute Gasteiger partial charge is 0.292 e. The molecule has 0 fully saturated rings. The topological polar surface area (TPSA) is 52.0 Å². The number of hydrogen-bond donors (Lipinski definition) is 0. The van der Waals surface area contributed by atoms with E-state index < -0.39 is 29.7 Å². The highest BCUT2D eigenvalue weighted by atomic mass is 35.5. The van der Waals surface area contributed by atoms with Crippen molar-refractivity contribution >= 4 is 17.4 Å². The molecule has 19 heavy (non-hydrogen) atoms. The minimum Gasteiger partial charge on any atom is -0.292 e. The van der Waals surface area contributed by atoms with E-state index in [1.54, 1.807) is 0 Å². The van der Waals surface area contributed by atoms with E-state index in [1.165, 1.54) is 6.20 Å². The van der Waals surface area contributed by atoms with Crippen LogP contribution < -0.4 is 5.69 Å². The first-order valence-electron chi connectivity index (χ1n) is 5.17. The Morgan fingerprint density at radius 3 is 2.79 bits per heavy atom. The summed E-state index contributed by atoms with van der Waals surface area (Å²) < 4.78 is 27.1. The number of Topliss-reactive ketones (excluding diaryl/α,β-unsaturated/α-hetero) is 1. The SMILES string of the molecule is O=C(Cn1cc(Cl)cnc1=O)c1ccc(F)cc1F. The number of aromatic nitrogens is 2.